The number of rotatable bonds is 5. The van der Waals surface area contributed by atoms with Crippen molar-refractivity contribution in [3.05, 3.63) is 58.1 Å². The van der Waals surface area contributed by atoms with Crippen molar-refractivity contribution in [1.29, 1.82) is 0 Å². The van der Waals surface area contributed by atoms with E-state index in [0.717, 1.165) is 21.3 Å². The molecule has 0 fully saturated rings. The zero-order valence-corrected chi connectivity index (χ0v) is 16.8. The van der Waals surface area contributed by atoms with Crippen molar-refractivity contribution in [2.45, 2.75) is 12.5 Å². The molecule has 1 aliphatic heterocycles. The molecule has 0 bridgehead atoms. The summed E-state index contributed by atoms with van der Waals surface area (Å²) in [5, 5.41) is 6.00. The molecule has 5 nitrogen and oxygen atoms in total. The van der Waals surface area contributed by atoms with Gasteiger partial charge in [0, 0.05) is 16.5 Å². The second-order valence-electron chi connectivity index (χ2n) is 5.75. The van der Waals surface area contributed by atoms with Gasteiger partial charge >= 0.3 is 0 Å². The van der Waals surface area contributed by atoms with Gasteiger partial charge in [0.1, 0.15) is 17.4 Å². The number of methoxy groups -OCH3 is 2. The molecule has 7 heteroatoms. The number of hydrogen-bond donors (Lipinski definition) is 0. The summed E-state index contributed by atoms with van der Waals surface area (Å²) in [6.45, 7) is 0. The SMILES string of the molecule is COc1ccc(OC)c([C@H]2CC(c3ccc(Br)cc3)=NN2C(=O)CCl)c1. The van der Waals surface area contributed by atoms with Crippen LogP contribution in [0.1, 0.15) is 23.6 Å². The molecule has 0 radical (unpaired) electrons. The quantitative estimate of drug-likeness (QED) is 0.652. The zero-order chi connectivity index (χ0) is 18.7. The molecule has 3 rings (SSSR count). The van der Waals surface area contributed by atoms with Gasteiger partial charge in [0.05, 0.1) is 26.0 Å². The average Bonchev–Trinajstić information content (AvgIpc) is 3.12. The van der Waals surface area contributed by atoms with E-state index in [1.165, 1.54) is 5.01 Å². The van der Waals surface area contributed by atoms with Gasteiger partial charge in [0.25, 0.3) is 5.91 Å². The van der Waals surface area contributed by atoms with Gasteiger partial charge in [-0.2, -0.15) is 5.10 Å². The monoisotopic (exact) mass is 436 g/mol. The van der Waals surface area contributed by atoms with E-state index >= 15 is 0 Å². The minimum atomic E-state index is -0.301. The van der Waals surface area contributed by atoms with Crippen LogP contribution in [-0.4, -0.2) is 36.7 Å². The lowest BCUT2D eigenvalue weighted by atomic mass is 9.97. The zero-order valence-electron chi connectivity index (χ0n) is 14.4. The molecular formula is C19H18BrClN2O3. The summed E-state index contributed by atoms with van der Waals surface area (Å²) in [6, 6.07) is 13.1. The first kappa shape index (κ1) is 18.7. The van der Waals surface area contributed by atoms with E-state index < -0.39 is 0 Å². The third kappa shape index (κ3) is 3.71. The van der Waals surface area contributed by atoms with Gasteiger partial charge in [-0.3, -0.25) is 4.79 Å². The Morgan fingerprint density at radius 1 is 1.23 bits per heavy atom. The van der Waals surface area contributed by atoms with E-state index in [4.69, 9.17) is 21.1 Å². The average molecular weight is 438 g/mol. The predicted octanol–water partition coefficient (Wildman–Crippen LogP) is 4.38. The van der Waals surface area contributed by atoms with Crippen molar-refractivity contribution in [2.24, 2.45) is 5.10 Å². The maximum Gasteiger partial charge on any atom is 0.258 e. The minimum absolute atomic E-state index is 0.139. The Morgan fingerprint density at radius 2 is 1.96 bits per heavy atom. The number of amides is 1. The van der Waals surface area contributed by atoms with Crippen LogP contribution in [0.5, 0.6) is 11.5 Å². The normalized spacial score (nSPS) is 16.4. The maximum absolute atomic E-state index is 12.4. The first-order chi connectivity index (χ1) is 12.6. The van der Waals surface area contributed by atoms with Gasteiger partial charge in [-0.1, -0.05) is 28.1 Å². The van der Waals surface area contributed by atoms with Gasteiger partial charge in [0.2, 0.25) is 0 Å². The lowest BCUT2D eigenvalue weighted by Gasteiger charge is -2.23. The molecule has 0 spiro atoms. The molecule has 2 aromatic rings. The number of hydrazone groups is 1. The van der Waals surface area contributed by atoms with Gasteiger partial charge in [0.15, 0.2) is 0 Å². The van der Waals surface area contributed by atoms with Crippen LogP contribution in [-0.2, 0) is 4.79 Å². The number of carbonyl (C=O) groups is 1. The highest BCUT2D eigenvalue weighted by Gasteiger charge is 2.34. The van der Waals surface area contributed by atoms with Crippen molar-refractivity contribution in [2.75, 3.05) is 20.1 Å². The molecule has 0 N–H and O–H groups in total. The summed E-state index contributed by atoms with van der Waals surface area (Å²) in [6.07, 6.45) is 0.563. The van der Waals surface area contributed by atoms with Crippen molar-refractivity contribution < 1.29 is 14.3 Å². The number of halogens is 2. The van der Waals surface area contributed by atoms with Crippen LogP contribution in [0.15, 0.2) is 52.0 Å². The first-order valence-corrected chi connectivity index (χ1v) is 9.33. The Balaban J connectivity index is 2.02. The van der Waals surface area contributed by atoms with Crippen LogP contribution in [0, 0.1) is 0 Å². The summed E-state index contributed by atoms with van der Waals surface area (Å²) in [5.74, 6) is 0.972. The molecular weight excluding hydrogens is 420 g/mol. The predicted molar refractivity (Wildman–Crippen MR) is 105 cm³/mol. The van der Waals surface area contributed by atoms with Crippen LogP contribution in [0.25, 0.3) is 0 Å². The first-order valence-electron chi connectivity index (χ1n) is 8.00. The molecule has 1 atom stereocenters. The lowest BCUT2D eigenvalue weighted by molar-refractivity contribution is -0.130. The van der Waals surface area contributed by atoms with E-state index in [9.17, 15) is 4.79 Å². The number of ether oxygens (including phenoxy) is 2. The fraction of sp³-hybridized carbons (Fsp3) is 0.263. The molecule has 2 aromatic carbocycles. The van der Waals surface area contributed by atoms with Crippen LogP contribution in [0.3, 0.4) is 0 Å². The molecule has 1 heterocycles. The van der Waals surface area contributed by atoms with E-state index in [1.807, 2.05) is 42.5 Å². The highest BCUT2D eigenvalue weighted by molar-refractivity contribution is 9.10. The summed E-state index contributed by atoms with van der Waals surface area (Å²) >= 11 is 9.24. The number of alkyl halides is 1. The molecule has 26 heavy (non-hydrogen) atoms. The number of carbonyl (C=O) groups excluding carboxylic acids is 1. The second kappa shape index (κ2) is 8.10. The van der Waals surface area contributed by atoms with E-state index in [0.29, 0.717) is 17.9 Å². The minimum Gasteiger partial charge on any atom is -0.497 e. The number of nitrogens with zero attached hydrogens (tertiary/aromatic N) is 2. The highest BCUT2D eigenvalue weighted by Crippen LogP contribution is 2.39. The van der Waals surface area contributed by atoms with Crippen molar-refractivity contribution >= 4 is 39.1 Å². The molecule has 0 unspecified atom stereocenters. The Morgan fingerprint density at radius 3 is 2.58 bits per heavy atom. The highest BCUT2D eigenvalue weighted by atomic mass is 79.9. The molecule has 1 aliphatic rings. The standard InChI is InChI=1S/C19H18BrClN2O3/c1-25-14-7-8-18(26-2)15(9-14)17-10-16(22-23(17)19(24)11-21)12-3-5-13(20)6-4-12/h3-9,17H,10-11H2,1-2H3/t17-/m1/s1. The maximum atomic E-state index is 12.4. The third-order valence-corrected chi connectivity index (χ3v) is 5.01. The van der Waals surface area contributed by atoms with Gasteiger partial charge in [-0.15, -0.1) is 11.6 Å². The Labute approximate surface area is 165 Å². The van der Waals surface area contributed by atoms with Crippen LogP contribution < -0.4 is 9.47 Å². The third-order valence-electron chi connectivity index (χ3n) is 4.25. The van der Waals surface area contributed by atoms with Gasteiger partial charge < -0.3 is 9.47 Å². The van der Waals surface area contributed by atoms with Gasteiger partial charge in [-0.25, -0.2) is 5.01 Å². The van der Waals surface area contributed by atoms with E-state index in [-0.39, 0.29) is 17.8 Å². The van der Waals surface area contributed by atoms with Gasteiger partial charge in [-0.05, 0) is 35.9 Å². The largest absolute Gasteiger partial charge is 0.497 e. The van der Waals surface area contributed by atoms with Crippen molar-refractivity contribution in [3.8, 4) is 11.5 Å². The van der Waals surface area contributed by atoms with E-state index in [1.54, 1.807) is 14.2 Å². The number of benzene rings is 2. The summed E-state index contributed by atoms with van der Waals surface area (Å²) < 4.78 is 11.8. The van der Waals surface area contributed by atoms with Crippen molar-refractivity contribution in [3.63, 3.8) is 0 Å². The molecule has 136 valence electrons. The fourth-order valence-corrected chi connectivity index (χ4v) is 3.35. The smallest absolute Gasteiger partial charge is 0.258 e. The Hall–Kier alpha value is -2.05. The van der Waals surface area contributed by atoms with Crippen LogP contribution in [0.4, 0.5) is 0 Å². The Kier molecular flexibility index (Phi) is 5.84. The molecule has 0 aliphatic carbocycles. The molecule has 1 amide bonds. The van der Waals surface area contributed by atoms with E-state index in [2.05, 4.69) is 21.0 Å². The summed E-state index contributed by atoms with van der Waals surface area (Å²) in [7, 11) is 3.20. The molecule has 0 saturated heterocycles. The Bertz CT molecular complexity index is 839. The van der Waals surface area contributed by atoms with Crippen LogP contribution in [0.2, 0.25) is 0 Å². The lowest BCUT2D eigenvalue weighted by Crippen LogP contribution is -2.28. The molecule has 0 saturated carbocycles. The molecule has 0 aromatic heterocycles. The van der Waals surface area contributed by atoms with Crippen molar-refractivity contribution in [1.82, 2.24) is 5.01 Å². The summed E-state index contributed by atoms with van der Waals surface area (Å²) in [5.41, 5.74) is 2.62. The number of hydrogen-bond acceptors (Lipinski definition) is 4. The fourth-order valence-electron chi connectivity index (χ4n) is 2.96. The summed E-state index contributed by atoms with van der Waals surface area (Å²) in [4.78, 5) is 12.4. The second-order valence-corrected chi connectivity index (χ2v) is 6.94. The van der Waals surface area contributed by atoms with Crippen LogP contribution >= 0.6 is 27.5 Å². The topological polar surface area (TPSA) is 51.1 Å².